The molecule has 0 unspecified atom stereocenters. The first-order chi connectivity index (χ1) is 11.6. The van der Waals surface area contributed by atoms with Crippen molar-refractivity contribution in [2.75, 3.05) is 32.2 Å². The third-order valence-corrected chi connectivity index (χ3v) is 3.26. The second kappa shape index (κ2) is 8.93. The molecule has 0 saturated carbocycles. The SMILES string of the molecule is COCCOc1ccc(NC(=O)COc2cc(C)cc(C)c2)cc1. The standard InChI is InChI=1S/C19H23NO4/c1-14-10-15(2)12-18(11-14)24-13-19(21)20-16-4-6-17(7-5-16)23-9-8-22-3/h4-7,10-12H,8-9,13H2,1-3H3,(H,20,21). The minimum atomic E-state index is -0.206. The van der Waals surface area contributed by atoms with Crippen LogP contribution in [0.2, 0.25) is 0 Å². The Kier molecular flexibility index (Phi) is 6.63. The minimum absolute atomic E-state index is 0.0328. The van der Waals surface area contributed by atoms with Gasteiger partial charge in [0.05, 0.1) is 6.61 Å². The lowest BCUT2D eigenvalue weighted by Crippen LogP contribution is -2.20. The van der Waals surface area contributed by atoms with Gasteiger partial charge >= 0.3 is 0 Å². The number of ether oxygens (including phenoxy) is 3. The van der Waals surface area contributed by atoms with Crippen LogP contribution in [-0.2, 0) is 9.53 Å². The first-order valence-electron chi connectivity index (χ1n) is 7.79. The second-order valence-corrected chi connectivity index (χ2v) is 5.53. The fraction of sp³-hybridized carbons (Fsp3) is 0.316. The van der Waals surface area contributed by atoms with Gasteiger partial charge in [0.1, 0.15) is 18.1 Å². The molecule has 2 aromatic carbocycles. The molecule has 2 rings (SSSR count). The van der Waals surface area contributed by atoms with Crippen LogP contribution in [0.3, 0.4) is 0 Å². The summed E-state index contributed by atoms with van der Waals surface area (Å²) in [6, 6.07) is 13.1. The van der Waals surface area contributed by atoms with Crippen molar-refractivity contribution >= 4 is 11.6 Å². The number of amides is 1. The molecule has 0 bridgehead atoms. The number of aryl methyl sites for hydroxylation is 2. The lowest BCUT2D eigenvalue weighted by molar-refractivity contribution is -0.118. The van der Waals surface area contributed by atoms with Gasteiger partial charge in [0, 0.05) is 12.8 Å². The number of rotatable bonds is 8. The van der Waals surface area contributed by atoms with Crippen molar-refractivity contribution in [1.29, 1.82) is 0 Å². The molecular weight excluding hydrogens is 306 g/mol. The van der Waals surface area contributed by atoms with Gasteiger partial charge in [0.2, 0.25) is 0 Å². The Bertz CT molecular complexity index is 647. The van der Waals surface area contributed by atoms with E-state index < -0.39 is 0 Å². The van der Waals surface area contributed by atoms with Crippen molar-refractivity contribution in [3.05, 3.63) is 53.6 Å². The zero-order valence-electron chi connectivity index (χ0n) is 14.3. The van der Waals surface area contributed by atoms with Gasteiger partial charge in [-0.25, -0.2) is 0 Å². The van der Waals surface area contributed by atoms with Gasteiger partial charge < -0.3 is 19.5 Å². The number of hydrogen-bond acceptors (Lipinski definition) is 4. The normalized spacial score (nSPS) is 10.3. The highest BCUT2D eigenvalue weighted by atomic mass is 16.5. The molecule has 0 radical (unpaired) electrons. The van der Waals surface area contributed by atoms with Crippen molar-refractivity contribution in [3.8, 4) is 11.5 Å². The zero-order chi connectivity index (χ0) is 17.4. The van der Waals surface area contributed by atoms with Crippen LogP contribution in [0, 0.1) is 13.8 Å². The second-order valence-electron chi connectivity index (χ2n) is 5.53. The Morgan fingerprint density at radius 1 is 0.917 bits per heavy atom. The van der Waals surface area contributed by atoms with E-state index in [1.807, 2.05) is 26.0 Å². The summed E-state index contributed by atoms with van der Waals surface area (Å²) in [5.74, 6) is 1.23. The molecule has 5 nitrogen and oxygen atoms in total. The average molecular weight is 329 g/mol. The van der Waals surface area contributed by atoms with E-state index in [4.69, 9.17) is 14.2 Å². The largest absolute Gasteiger partial charge is 0.491 e. The van der Waals surface area contributed by atoms with Gasteiger partial charge in [-0.05, 0) is 61.4 Å². The molecule has 0 aliphatic carbocycles. The molecule has 0 atom stereocenters. The quantitative estimate of drug-likeness (QED) is 0.755. The van der Waals surface area contributed by atoms with Gasteiger partial charge in [0.15, 0.2) is 6.61 Å². The molecule has 1 N–H and O–H groups in total. The number of carbonyl (C=O) groups excluding carboxylic acids is 1. The van der Waals surface area contributed by atoms with E-state index in [0.717, 1.165) is 16.9 Å². The molecule has 24 heavy (non-hydrogen) atoms. The lowest BCUT2D eigenvalue weighted by Gasteiger charge is -2.10. The monoisotopic (exact) mass is 329 g/mol. The van der Waals surface area contributed by atoms with Crippen LogP contribution in [0.1, 0.15) is 11.1 Å². The molecule has 0 aliphatic rings. The average Bonchev–Trinajstić information content (AvgIpc) is 2.54. The maximum Gasteiger partial charge on any atom is 0.262 e. The molecule has 0 spiro atoms. The highest BCUT2D eigenvalue weighted by molar-refractivity contribution is 5.91. The topological polar surface area (TPSA) is 56.8 Å². The third-order valence-electron chi connectivity index (χ3n) is 3.26. The summed E-state index contributed by atoms with van der Waals surface area (Å²) in [6.07, 6.45) is 0. The number of benzene rings is 2. The molecule has 0 fully saturated rings. The zero-order valence-corrected chi connectivity index (χ0v) is 14.3. The van der Waals surface area contributed by atoms with E-state index in [1.54, 1.807) is 31.4 Å². The number of methoxy groups -OCH3 is 1. The molecule has 2 aromatic rings. The van der Waals surface area contributed by atoms with Gasteiger partial charge in [-0.2, -0.15) is 0 Å². The van der Waals surface area contributed by atoms with Crippen LogP contribution in [-0.4, -0.2) is 32.8 Å². The van der Waals surface area contributed by atoms with E-state index in [1.165, 1.54) is 0 Å². The maximum atomic E-state index is 12.0. The van der Waals surface area contributed by atoms with Crippen LogP contribution >= 0.6 is 0 Å². The Hall–Kier alpha value is -2.53. The molecule has 0 heterocycles. The van der Waals surface area contributed by atoms with Gasteiger partial charge in [-0.15, -0.1) is 0 Å². The summed E-state index contributed by atoms with van der Waals surface area (Å²) in [5.41, 5.74) is 2.91. The number of hydrogen-bond donors (Lipinski definition) is 1. The number of nitrogens with one attached hydrogen (secondary N) is 1. The smallest absolute Gasteiger partial charge is 0.262 e. The summed E-state index contributed by atoms with van der Waals surface area (Å²) in [4.78, 5) is 12.0. The molecule has 128 valence electrons. The highest BCUT2D eigenvalue weighted by Crippen LogP contribution is 2.17. The molecule has 0 saturated heterocycles. The molecule has 0 aromatic heterocycles. The van der Waals surface area contributed by atoms with Crippen LogP contribution in [0.25, 0.3) is 0 Å². The first kappa shape index (κ1) is 17.8. The summed E-state index contributed by atoms with van der Waals surface area (Å²) in [6.45, 7) is 4.99. The van der Waals surface area contributed by atoms with Crippen LogP contribution in [0.15, 0.2) is 42.5 Å². The Morgan fingerprint density at radius 2 is 1.58 bits per heavy atom. The summed E-state index contributed by atoms with van der Waals surface area (Å²) in [5, 5.41) is 2.79. The minimum Gasteiger partial charge on any atom is -0.491 e. The van der Waals surface area contributed by atoms with Crippen LogP contribution < -0.4 is 14.8 Å². The van der Waals surface area contributed by atoms with Crippen molar-refractivity contribution in [1.82, 2.24) is 0 Å². The summed E-state index contributed by atoms with van der Waals surface area (Å²) >= 11 is 0. The number of carbonyl (C=O) groups is 1. The van der Waals surface area contributed by atoms with Crippen molar-refractivity contribution < 1.29 is 19.0 Å². The van der Waals surface area contributed by atoms with E-state index in [2.05, 4.69) is 11.4 Å². The maximum absolute atomic E-state index is 12.0. The Balaban J connectivity index is 1.81. The van der Waals surface area contributed by atoms with Crippen molar-refractivity contribution in [3.63, 3.8) is 0 Å². The summed E-state index contributed by atoms with van der Waals surface area (Å²) in [7, 11) is 1.63. The Labute approximate surface area is 142 Å². The lowest BCUT2D eigenvalue weighted by atomic mass is 10.1. The van der Waals surface area contributed by atoms with E-state index in [0.29, 0.717) is 24.7 Å². The van der Waals surface area contributed by atoms with Crippen molar-refractivity contribution in [2.45, 2.75) is 13.8 Å². The fourth-order valence-corrected chi connectivity index (χ4v) is 2.24. The number of anilines is 1. The third kappa shape index (κ3) is 5.93. The predicted molar refractivity (Wildman–Crippen MR) is 93.9 cm³/mol. The van der Waals surface area contributed by atoms with E-state index in [-0.39, 0.29) is 12.5 Å². The van der Waals surface area contributed by atoms with Gasteiger partial charge in [0.25, 0.3) is 5.91 Å². The predicted octanol–water partition coefficient (Wildman–Crippen LogP) is 3.35. The van der Waals surface area contributed by atoms with Crippen molar-refractivity contribution in [2.24, 2.45) is 0 Å². The first-order valence-corrected chi connectivity index (χ1v) is 7.79. The molecule has 5 heteroatoms. The molecule has 0 aliphatic heterocycles. The van der Waals surface area contributed by atoms with Crippen LogP contribution in [0.4, 0.5) is 5.69 Å². The van der Waals surface area contributed by atoms with E-state index in [9.17, 15) is 4.79 Å². The fourth-order valence-electron chi connectivity index (χ4n) is 2.24. The van der Waals surface area contributed by atoms with Gasteiger partial charge in [-0.3, -0.25) is 4.79 Å². The Morgan fingerprint density at radius 3 is 2.21 bits per heavy atom. The highest BCUT2D eigenvalue weighted by Gasteiger charge is 2.05. The summed E-state index contributed by atoms with van der Waals surface area (Å²) < 4.78 is 15.9. The molecular formula is C19H23NO4. The molecule has 1 amide bonds. The van der Waals surface area contributed by atoms with Crippen LogP contribution in [0.5, 0.6) is 11.5 Å². The van der Waals surface area contributed by atoms with E-state index >= 15 is 0 Å². The van der Waals surface area contributed by atoms with Gasteiger partial charge in [-0.1, -0.05) is 6.07 Å².